The van der Waals surface area contributed by atoms with Gasteiger partial charge >= 0.3 is 6.03 Å². The van der Waals surface area contributed by atoms with Gasteiger partial charge in [0.2, 0.25) is 5.91 Å². The van der Waals surface area contributed by atoms with Crippen molar-refractivity contribution in [3.8, 4) is 0 Å². The van der Waals surface area contributed by atoms with E-state index in [0.29, 0.717) is 0 Å². The van der Waals surface area contributed by atoms with E-state index in [1.165, 1.54) is 0 Å². The van der Waals surface area contributed by atoms with Crippen molar-refractivity contribution in [1.82, 2.24) is 15.1 Å². The van der Waals surface area contributed by atoms with Crippen molar-refractivity contribution in [2.45, 2.75) is 37.1 Å². The molecule has 2 aliphatic heterocycles. The number of nitrogens with one attached hydrogen (secondary N) is 1. The predicted molar refractivity (Wildman–Crippen MR) is 72.7 cm³/mol. The van der Waals surface area contributed by atoms with E-state index in [1.54, 1.807) is 0 Å². The largest absolute Gasteiger partial charge is 0.341 e. The van der Waals surface area contributed by atoms with Gasteiger partial charge in [-0.15, -0.1) is 0 Å². The molecule has 0 aromatic heterocycles. The Balaban J connectivity index is 1.88. The number of halogens is 1. The van der Waals surface area contributed by atoms with Crippen LogP contribution in [0, 0.1) is 0 Å². The third-order valence-electron chi connectivity index (χ3n) is 3.59. The van der Waals surface area contributed by atoms with Gasteiger partial charge in [-0.05, 0) is 26.7 Å². The normalized spacial score (nSPS) is 22.3. The Morgan fingerprint density at radius 3 is 2.39 bits per heavy atom. The average Bonchev–Trinajstić information content (AvgIpc) is 2.73. The summed E-state index contributed by atoms with van der Waals surface area (Å²) in [6.45, 7) is 6.75. The second kappa shape index (κ2) is 5.07. The molecule has 2 heterocycles. The molecule has 0 aromatic carbocycles. The number of amides is 3. The van der Waals surface area contributed by atoms with Gasteiger partial charge in [0.1, 0.15) is 0 Å². The van der Waals surface area contributed by atoms with E-state index >= 15 is 0 Å². The van der Waals surface area contributed by atoms with Crippen molar-refractivity contribution in [2.24, 2.45) is 0 Å². The Kier molecular flexibility index (Phi) is 3.84. The molecule has 0 bridgehead atoms. The average molecular weight is 318 g/mol. The van der Waals surface area contributed by atoms with E-state index < -0.39 is 4.32 Å². The number of urea groups is 1. The smallest absolute Gasteiger partial charge is 0.317 e. The lowest BCUT2D eigenvalue weighted by Gasteiger charge is -2.38. The summed E-state index contributed by atoms with van der Waals surface area (Å²) in [4.78, 5) is 27.5. The van der Waals surface area contributed by atoms with E-state index in [0.717, 1.165) is 39.0 Å². The number of carbonyl (C=O) groups is 2. The number of alkyl halides is 1. The zero-order valence-electron chi connectivity index (χ0n) is 10.9. The molecule has 0 aromatic rings. The lowest BCUT2D eigenvalue weighted by Crippen LogP contribution is -2.50. The van der Waals surface area contributed by atoms with Crippen molar-refractivity contribution in [2.75, 3.05) is 26.2 Å². The summed E-state index contributed by atoms with van der Waals surface area (Å²) in [6, 6.07) is 0.329. The van der Waals surface area contributed by atoms with Crippen LogP contribution in [-0.4, -0.2) is 58.3 Å². The molecule has 0 aliphatic carbocycles. The zero-order valence-corrected chi connectivity index (χ0v) is 12.5. The third-order valence-corrected chi connectivity index (χ3v) is 3.93. The van der Waals surface area contributed by atoms with Gasteiger partial charge in [-0.25, -0.2) is 4.79 Å². The van der Waals surface area contributed by atoms with Crippen molar-refractivity contribution >= 4 is 27.9 Å². The summed E-state index contributed by atoms with van der Waals surface area (Å²) in [5, 5.41) is 2.82. The van der Waals surface area contributed by atoms with Crippen LogP contribution in [0.15, 0.2) is 0 Å². The fourth-order valence-electron chi connectivity index (χ4n) is 2.59. The topological polar surface area (TPSA) is 52.7 Å². The van der Waals surface area contributed by atoms with Gasteiger partial charge in [-0.3, -0.25) is 4.79 Å². The number of rotatable bonds is 2. The van der Waals surface area contributed by atoms with E-state index in [4.69, 9.17) is 0 Å². The fourth-order valence-corrected chi connectivity index (χ4v) is 2.84. The van der Waals surface area contributed by atoms with Gasteiger partial charge in [0, 0.05) is 32.2 Å². The van der Waals surface area contributed by atoms with E-state index in [-0.39, 0.29) is 18.0 Å². The quantitative estimate of drug-likeness (QED) is 0.777. The van der Waals surface area contributed by atoms with Crippen LogP contribution in [0.4, 0.5) is 4.79 Å². The number of hydrogen-bond donors (Lipinski definition) is 1. The summed E-state index contributed by atoms with van der Waals surface area (Å²) < 4.78 is -0.495. The minimum absolute atomic E-state index is 0.0422. The molecule has 1 N–H and O–H groups in total. The third kappa shape index (κ3) is 2.79. The molecule has 0 saturated carbocycles. The number of hydrogen-bond acceptors (Lipinski definition) is 2. The van der Waals surface area contributed by atoms with Crippen LogP contribution in [0.3, 0.4) is 0 Å². The van der Waals surface area contributed by atoms with Gasteiger partial charge in [0.05, 0.1) is 4.32 Å². The second-order valence-electron chi connectivity index (χ2n) is 5.42. The molecule has 5 nitrogen and oxygen atoms in total. The van der Waals surface area contributed by atoms with E-state index in [9.17, 15) is 9.59 Å². The standard InChI is InChI=1S/C12H20BrN3O2/c1-12(2,13)10(17)15-6-3-9(4-7-15)16-8-5-14-11(16)18/h9H,3-8H2,1-2H3,(H,14,18). The number of carbonyl (C=O) groups excluding carboxylic acids is 2. The minimum Gasteiger partial charge on any atom is -0.341 e. The molecule has 2 saturated heterocycles. The molecule has 0 atom stereocenters. The number of piperidine rings is 1. The Labute approximate surface area is 116 Å². The highest BCUT2D eigenvalue weighted by Gasteiger charge is 2.35. The molecule has 6 heteroatoms. The molecule has 2 rings (SSSR count). The first-order chi connectivity index (χ1) is 8.39. The number of nitrogens with zero attached hydrogens (tertiary/aromatic N) is 2. The molecule has 0 spiro atoms. The molecular formula is C12H20BrN3O2. The lowest BCUT2D eigenvalue weighted by molar-refractivity contribution is -0.134. The van der Waals surface area contributed by atoms with Gasteiger partial charge < -0.3 is 15.1 Å². The SMILES string of the molecule is CC(C)(Br)C(=O)N1CCC(N2CCNC2=O)CC1. The van der Waals surface area contributed by atoms with Gasteiger partial charge in [-0.1, -0.05) is 15.9 Å². The van der Waals surface area contributed by atoms with Crippen LogP contribution in [0.5, 0.6) is 0 Å². The summed E-state index contributed by atoms with van der Waals surface area (Å²) in [7, 11) is 0. The Morgan fingerprint density at radius 2 is 1.94 bits per heavy atom. The molecular weight excluding hydrogens is 298 g/mol. The van der Waals surface area contributed by atoms with Gasteiger partial charge in [-0.2, -0.15) is 0 Å². The number of likely N-dealkylation sites (tertiary alicyclic amines) is 1. The van der Waals surface area contributed by atoms with Gasteiger partial charge in [0.25, 0.3) is 0 Å². The highest BCUT2D eigenvalue weighted by molar-refractivity contribution is 9.10. The van der Waals surface area contributed by atoms with Crippen LogP contribution in [-0.2, 0) is 4.79 Å². The maximum absolute atomic E-state index is 12.1. The minimum atomic E-state index is -0.495. The molecule has 2 aliphatic rings. The van der Waals surface area contributed by atoms with Crippen molar-refractivity contribution < 1.29 is 9.59 Å². The second-order valence-corrected chi connectivity index (χ2v) is 7.40. The summed E-state index contributed by atoms with van der Waals surface area (Å²) in [5.41, 5.74) is 0. The lowest BCUT2D eigenvalue weighted by atomic mass is 10.0. The zero-order chi connectivity index (χ0) is 13.3. The van der Waals surface area contributed by atoms with Crippen LogP contribution in [0.1, 0.15) is 26.7 Å². The molecule has 102 valence electrons. The molecule has 3 amide bonds. The summed E-state index contributed by atoms with van der Waals surface area (Å²) >= 11 is 3.40. The Bertz CT molecular complexity index is 346. The van der Waals surface area contributed by atoms with Crippen LogP contribution in [0.2, 0.25) is 0 Å². The molecule has 2 fully saturated rings. The van der Waals surface area contributed by atoms with Crippen LogP contribution in [0.25, 0.3) is 0 Å². The highest BCUT2D eigenvalue weighted by Crippen LogP contribution is 2.24. The highest BCUT2D eigenvalue weighted by atomic mass is 79.9. The summed E-state index contributed by atoms with van der Waals surface area (Å²) in [5.74, 6) is 0.131. The first kappa shape index (κ1) is 13.6. The molecule has 18 heavy (non-hydrogen) atoms. The van der Waals surface area contributed by atoms with Gasteiger partial charge in [0.15, 0.2) is 0 Å². The van der Waals surface area contributed by atoms with Crippen molar-refractivity contribution in [3.63, 3.8) is 0 Å². The monoisotopic (exact) mass is 317 g/mol. The first-order valence-corrected chi connectivity index (χ1v) is 7.21. The first-order valence-electron chi connectivity index (χ1n) is 6.42. The van der Waals surface area contributed by atoms with E-state index in [2.05, 4.69) is 21.2 Å². The Morgan fingerprint density at radius 1 is 1.33 bits per heavy atom. The van der Waals surface area contributed by atoms with Crippen molar-refractivity contribution in [3.05, 3.63) is 0 Å². The van der Waals surface area contributed by atoms with Crippen molar-refractivity contribution in [1.29, 1.82) is 0 Å². The molecule has 0 radical (unpaired) electrons. The maximum atomic E-state index is 12.1. The molecule has 0 unspecified atom stereocenters. The van der Waals surface area contributed by atoms with Crippen LogP contribution < -0.4 is 5.32 Å². The van der Waals surface area contributed by atoms with E-state index in [1.807, 2.05) is 23.6 Å². The Hall–Kier alpha value is -0.780. The predicted octanol–water partition coefficient (Wildman–Crippen LogP) is 1.18. The van der Waals surface area contributed by atoms with Crippen LogP contribution >= 0.6 is 15.9 Å². The maximum Gasteiger partial charge on any atom is 0.317 e. The fraction of sp³-hybridized carbons (Fsp3) is 0.833. The summed E-state index contributed by atoms with van der Waals surface area (Å²) in [6.07, 6.45) is 1.75.